The van der Waals surface area contributed by atoms with Crippen molar-refractivity contribution in [3.8, 4) is 0 Å². The second-order valence-electron chi connectivity index (χ2n) is 4.23. The number of hydrogen-bond acceptors (Lipinski definition) is 4. The fourth-order valence-electron chi connectivity index (χ4n) is 1.15. The summed E-state index contributed by atoms with van der Waals surface area (Å²) in [5.41, 5.74) is 7.07. The summed E-state index contributed by atoms with van der Waals surface area (Å²) in [6.07, 6.45) is 3.62. The maximum Gasteiger partial charge on any atom is 0.124 e. The van der Waals surface area contributed by atoms with E-state index >= 15 is 0 Å². The van der Waals surface area contributed by atoms with E-state index < -0.39 is 0 Å². The Kier molecular flexibility index (Phi) is 3.67. The molecule has 15 heavy (non-hydrogen) atoms. The van der Waals surface area contributed by atoms with Gasteiger partial charge in [-0.05, 0) is 6.26 Å². The number of thioether (sulfide) groups is 1. The van der Waals surface area contributed by atoms with Gasteiger partial charge in [0.1, 0.15) is 15.7 Å². The third-order valence-electron chi connectivity index (χ3n) is 1.90. The zero-order valence-electron chi connectivity index (χ0n) is 9.37. The molecule has 1 aromatic rings. The molecule has 0 radical (unpaired) electrons. The van der Waals surface area contributed by atoms with Crippen LogP contribution in [-0.4, -0.2) is 21.2 Å². The molecule has 3 nitrogen and oxygen atoms in total. The monoisotopic (exact) mass is 241 g/mol. The third kappa shape index (κ3) is 2.89. The second kappa shape index (κ2) is 4.45. The molecule has 0 spiro atoms. The van der Waals surface area contributed by atoms with Crippen molar-refractivity contribution in [3.05, 3.63) is 17.6 Å². The van der Waals surface area contributed by atoms with Crippen LogP contribution < -0.4 is 5.73 Å². The highest BCUT2D eigenvalue weighted by Crippen LogP contribution is 2.27. The molecule has 0 saturated carbocycles. The largest absolute Gasteiger partial charge is 0.388 e. The summed E-state index contributed by atoms with van der Waals surface area (Å²) in [4.78, 5) is 9.07. The van der Waals surface area contributed by atoms with E-state index in [0.29, 0.717) is 10.7 Å². The summed E-state index contributed by atoms with van der Waals surface area (Å²) in [6, 6.07) is 0. The van der Waals surface area contributed by atoms with Crippen molar-refractivity contribution in [3.63, 3.8) is 0 Å². The lowest BCUT2D eigenvalue weighted by Gasteiger charge is -2.20. The van der Waals surface area contributed by atoms with Crippen LogP contribution in [0.5, 0.6) is 0 Å². The molecule has 1 rings (SSSR count). The topological polar surface area (TPSA) is 51.8 Å². The zero-order chi connectivity index (χ0) is 11.6. The van der Waals surface area contributed by atoms with Crippen molar-refractivity contribution < 1.29 is 0 Å². The van der Waals surface area contributed by atoms with Gasteiger partial charge in [0, 0.05) is 5.41 Å². The Labute approximate surface area is 99.9 Å². The first kappa shape index (κ1) is 12.4. The summed E-state index contributed by atoms with van der Waals surface area (Å²) in [7, 11) is 0. The van der Waals surface area contributed by atoms with Crippen molar-refractivity contribution in [2.24, 2.45) is 5.73 Å². The van der Waals surface area contributed by atoms with Gasteiger partial charge < -0.3 is 5.73 Å². The molecule has 5 heteroatoms. The summed E-state index contributed by atoms with van der Waals surface area (Å²) in [5, 5.41) is 0.896. The van der Waals surface area contributed by atoms with E-state index in [0.717, 1.165) is 10.7 Å². The van der Waals surface area contributed by atoms with Gasteiger partial charge in [-0.2, -0.15) is 0 Å². The van der Waals surface area contributed by atoms with Gasteiger partial charge >= 0.3 is 0 Å². The van der Waals surface area contributed by atoms with Crippen LogP contribution in [-0.2, 0) is 5.41 Å². The predicted molar refractivity (Wildman–Crippen MR) is 68.4 cm³/mol. The van der Waals surface area contributed by atoms with Gasteiger partial charge in [0.05, 0.1) is 11.9 Å². The molecule has 0 aliphatic rings. The smallest absolute Gasteiger partial charge is 0.124 e. The lowest BCUT2D eigenvalue weighted by Crippen LogP contribution is -2.19. The van der Waals surface area contributed by atoms with Gasteiger partial charge in [0.15, 0.2) is 0 Å². The van der Waals surface area contributed by atoms with Crippen LogP contribution in [0.2, 0.25) is 0 Å². The van der Waals surface area contributed by atoms with E-state index in [1.165, 1.54) is 0 Å². The predicted octanol–water partition coefficient (Wildman–Crippen LogP) is 2.13. The number of thiocarbonyl (C=S) groups is 1. The summed E-state index contributed by atoms with van der Waals surface area (Å²) < 4.78 is 0. The Bertz CT molecular complexity index is 383. The van der Waals surface area contributed by atoms with Crippen LogP contribution in [0, 0.1) is 0 Å². The first-order chi connectivity index (χ1) is 6.86. The van der Waals surface area contributed by atoms with Gasteiger partial charge in [-0.1, -0.05) is 33.0 Å². The SMILES string of the molecule is CSc1nc(C(N)=S)cnc1C(C)(C)C. The molecule has 2 N–H and O–H groups in total. The molecule has 82 valence electrons. The molecule has 1 heterocycles. The number of hydrogen-bond donors (Lipinski definition) is 1. The minimum Gasteiger partial charge on any atom is -0.388 e. The third-order valence-corrected chi connectivity index (χ3v) is 2.78. The first-order valence-electron chi connectivity index (χ1n) is 4.57. The van der Waals surface area contributed by atoms with Gasteiger partial charge in [-0.15, -0.1) is 11.8 Å². The van der Waals surface area contributed by atoms with E-state index in [1.54, 1.807) is 18.0 Å². The number of rotatable bonds is 2. The molecule has 0 aliphatic carbocycles. The number of aromatic nitrogens is 2. The first-order valence-corrected chi connectivity index (χ1v) is 6.21. The molecular formula is C10H15N3S2. The van der Waals surface area contributed by atoms with Gasteiger partial charge in [-0.25, -0.2) is 4.98 Å². The lowest BCUT2D eigenvalue weighted by molar-refractivity contribution is 0.547. The van der Waals surface area contributed by atoms with E-state index in [1.807, 2.05) is 6.26 Å². The Morgan fingerprint density at radius 3 is 2.47 bits per heavy atom. The minimum absolute atomic E-state index is 0.0138. The average molecular weight is 241 g/mol. The highest BCUT2D eigenvalue weighted by atomic mass is 32.2. The normalized spacial score (nSPS) is 11.5. The molecule has 0 aliphatic heterocycles. The van der Waals surface area contributed by atoms with Crippen LogP contribution in [0.25, 0.3) is 0 Å². The maximum atomic E-state index is 5.52. The quantitative estimate of drug-likeness (QED) is 0.635. The Morgan fingerprint density at radius 1 is 1.47 bits per heavy atom. The Balaban J connectivity index is 3.27. The van der Waals surface area contributed by atoms with E-state index in [4.69, 9.17) is 18.0 Å². The fraction of sp³-hybridized carbons (Fsp3) is 0.500. The van der Waals surface area contributed by atoms with E-state index in [9.17, 15) is 0 Å². The fourth-order valence-corrected chi connectivity index (χ4v) is 1.99. The molecule has 0 fully saturated rings. The Hall–Kier alpha value is -0.680. The van der Waals surface area contributed by atoms with E-state index in [2.05, 4.69) is 30.7 Å². The average Bonchev–Trinajstić information content (AvgIpc) is 2.15. The molecule has 0 saturated heterocycles. The zero-order valence-corrected chi connectivity index (χ0v) is 11.0. The lowest BCUT2D eigenvalue weighted by atomic mass is 9.92. The highest BCUT2D eigenvalue weighted by molar-refractivity contribution is 7.98. The van der Waals surface area contributed by atoms with Crippen LogP contribution in [0.1, 0.15) is 32.2 Å². The number of nitrogens with zero attached hydrogens (tertiary/aromatic N) is 2. The van der Waals surface area contributed by atoms with Crippen LogP contribution in [0.3, 0.4) is 0 Å². The summed E-state index contributed by atoms with van der Waals surface area (Å²) >= 11 is 6.44. The Morgan fingerprint density at radius 2 is 2.07 bits per heavy atom. The van der Waals surface area contributed by atoms with Crippen molar-refractivity contribution in [1.82, 2.24) is 9.97 Å². The molecule has 0 aromatic carbocycles. The standard InChI is InChI=1S/C10H15N3S2/c1-10(2,3)7-9(15-4)13-6(5-12-7)8(11)14/h5H,1-4H3,(H2,11,14). The van der Waals surface area contributed by atoms with Gasteiger partial charge in [-0.3, -0.25) is 4.98 Å². The molecule has 0 amide bonds. The molecule has 0 atom stereocenters. The van der Waals surface area contributed by atoms with Crippen molar-refractivity contribution in [2.75, 3.05) is 6.26 Å². The van der Waals surface area contributed by atoms with Crippen LogP contribution in [0.4, 0.5) is 0 Å². The molecule has 0 bridgehead atoms. The van der Waals surface area contributed by atoms with Crippen LogP contribution in [0.15, 0.2) is 11.2 Å². The molecule has 1 aromatic heterocycles. The number of nitrogens with two attached hydrogens (primary N) is 1. The maximum absolute atomic E-state index is 5.52. The van der Waals surface area contributed by atoms with Crippen LogP contribution >= 0.6 is 24.0 Å². The summed E-state index contributed by atoms with van der Waals surface area (Å²) in [5.74, 6) is 0. The second-order valence-corrected chi connectivity index (χ2v) is 5.46. The summed E-state index contributed by atoms with van der Waals surface area (Å²) in [6.45, 7) is 6.32. The molecular weight excluding hydrogens is 226 g/mol. The van der Waals surface area contributed by atoms with Gasteiger partial charge in [0.25, 0.3) is 0 Å². The minimum atomic E-state index is -0.0138. The van der Waals surface area contributed by atoms with Crippen molar-refractivity contribution >= 4 is 29.0 Å². The highest BCUT2D eigenvalue weighted by Gasteiger charge is 2.21. The van der Waals surface area contributed by atoms with Crippen molar-refractivity contribution in [1.29, 1.82) is 0 Å². The van der Waals surface area contributed by atoms with Crippen molar-refractivity contribution in [2.45, 2.75) is 31.2 Å². The van der Waals surface area contributed by atoms with E-state index in [-0.39, 0.29) is 5.41 Å². The molecule has 0 unspecified atom stereocenters. The van der Waals surface area contributed by atoms with Gasteiger partial charge in [0.2, 0.25) is 0 Å².